The van der Waals surface area contributed by atoms with E-state index >= 15 is 0 Å². The summed E-state index contributed by atoms with van der Waals surface area (Å²) in [5.41, 5.74) is 28.7. The first-order valence-electron chi connectivity index (χ1n) is 10.7. The van der Waals surface area contributed by atoms with Gasteiger partial charge in [-0.1, -0.05) is 0 Å². The Balaban J connectivity index is 1.71. The second-order valence-electron chi connectivity index (χ2n) is 8.90. The van der Waals surface area contributed by atoms with Gasteiger partial charge < -0.3 is 62.2 Å². The molecule has 0 aromatic carbocycles. The van der Waals surface area contributed by atoms with E-state index in [4.69, 9.17) is 57.1 Å². The van der Waals surface area contributed by atoms with E-state index in [2.05, 4.69) is 0 Å². The van der Waals surface area contributed by atoms with Crippen LogP contribution >= 0.6 is 0 Å². The third kappa shape index (κ3) is 4.90. The molecule has 0 saturated carbocycles. The number of methoxy groups -OCH3 is 2. The maximum atomic E-state index is 9.92. The first-order chi connectivity index (χ1) is 14.5. The number of hydrogen-bond donors (Lipinski definition) is 6. The van der Waals surface area contributed by atoms with E-state index in [1.807, 2.05) is 13.8 Å². The molecule has 0 radical (unpaired) electrons. The fourth-order valence-electron chi connectivity index (χ4n) is 4.92. The van der Waals surface area contributed by atoms with Gasteiger partial charge in [-0.15, -0.1) is 0 Å². The van der Waals surface area contributed by atoms with Crippen molar-refractivity contribution >= 4 is 0 Å². The Kier molecular flexibility index (Phi) is 7.94. The lowest BCUT2D eigenvalue weighted by molar-refractivity contribution is -0.301. The van der Waals surface area contributed by atoms with Gasteiger partial charge >= 0.3 is 0 Å². The molecule has 0 bridgehead atoms. The van der Waals surface area contributed by atoms with Gasteiger partial charge in [0.15, 0.2) is 12.6 Å². The monoisotopic (exact) mass is 449 g/mol. The summed E-state index contributed by atoms with van der Waals surface area (Å²) in [7, 11) is 3.23. The molecule has 2 unspecified atom stereocenters. The van der Waals surface area contributed by atoms with Gasteiger partial charge in [-0.3, -0.25) is 0 Å². The molecule has 3 aliphatic heterocycles. The highest BCUT2D eigenvalue weighted by molar-refractivity contribution is 5.04. The van der Waals surface area contributed by atoms with Crippen LogP contribution in [0.4, 0.5) is 0 Å². The molecule has 182 valence electrons. The van der Waals surface area contributed by atoms with E-state index < -0.39 is 42.7 Å². The number of aliphatic hydroxyl groups excluding tert-OH is 1. The summed E-state index contributed by atoms with van der Waals surface area (Å²) in [6.45, 7) is 3.79. The first-order valence-corrected chi connectivity index (χ1v) is 10.7. The Morgan fingerprint density at radius 1 is 0.903 bits per heavy atom. The van der Waals surface area contributed by atoms with Crippen molar-refractivity contribution in [2.24, 2.45) is 34.6 Å². The van der Waals surface area contributed by atoms with E-state index in [1.165, 1.54) is 0 Å². The van der Waals surface area contributed by atoms with Gasteiger partial charge in [0.05, 0.1) is 42.6 Å². The van der Waals surface area contributed by atoms with Crippen LogP contribution in [-0.2, 0) is 28.4 Å². The summed E-state index contributed by atoms with van der Waals surface area (Å²) in [4.78, 5) is 0. The van der Waals surface area contributed by atoms with Gasteiger partial charge in [-0.05, 0) is 13.8 Å². The van der Waals surface area contributed by atoms with Gasteiger partial charge in [0.2, 0.25) is 0 Å². The summed E-state index contributed by atoms with van der Waals surface area (Å²) >= 11 is 0. The van der Waals surface area contributed by atoms with E-state index in [1.54, 1.807) is 14.2 Å². The van der Waals surface area contributed by atoms with Crippen LogP contribution in [0.3, 0.4) is 0 Å². The standard InChI is InChI=1S/C19H39N5O7/c1-7-13(9(26-3)6-12(25)29-7)10-5-11(27-4)15(8(2)28-10)30-17-14(20)16(21)19(23,24)18(22)31-17/h7-18,25H,5-6,20-24H2,1-4H3/t7-,8-,9-,10?,11-,12+,13-,14+,15-,16+,17?,18+/m0/s1. The van der Waals surface area contributed by atoms with E-state index in [0.717, 1.165) is 0 Å². The van der Waals surface area contributed by atoms with Crippen molar-refractivity contribution < 1.29 is 33.5 Å². The van der Waals surface area contributed by atoms with Crippen molar-refractivity contribution in [2.75, 3.05) is 14.2 Å². The van der Waals surface area contributed by atoms with Crippen molar-refractivity contribution in [1.82, 2.24) is 0 Å². The normalized spacial score (nSPS) is 50.9. The van der Waals surface area contributed by atoms with E-state index in [0.29, 0.717) is 12.8 Å². The third-order valence-electron chi connectivity index (χ3n) is 6.87. The molecular weight excluding hydrogens is 410 g/mol. The fraction of sp³-hybridized carbons (Fsp3) is 1.00. The van der Waals surface area contributed by atoms with Crippen molar-refractivity contribution in [3.05, 3.63) is 0 Å². The molecule has 12 nitrogen and oxygen atoms in total. The fourth-order valence-corrected chi connectivity index (χ4v) is 4.92. The summed E-state index contributed by atoms with van der Waals surface area (Å²) in [6, 6.07) is -1.62. The smallest absolute Gasteiger partial charge is 0.177 e. The SMILES string of the molecule is CO[C@H]1CC([C@H]2[C@H](C)O[C@@H](O)C[C@@H]2OC)O[C@@H](C)[C@@H]1OC1O[C@@H](N)C(N)(N)[C@H](N)[C@H]1N. The molecule has 11 N–H and O–H groups in total. The number of rotatable bonds is 5. The average molecular weight is 450 g/mol. The molecule has 12 atom stereocenters. The largest absolute Gasteiger partial charge is 0.381 e. The lowest BCUT2D eigenvalue weighted by atomic mass is 9.81. The Hall–Kier alpha value is -0.480. The molecule has 0 amide bonds. The van der Waals surface area contributed by atoms with Crippen molar-refractivity contribution in [1.29, 1.82) is 0 Å². The van der Waals surface area contributed by atoms with Crippen LogP contribution < -0.4 is 28.7 Å². The molecule has 12 heteroatoms. The van der Waals surface area contributed by atoms with Crippen LogP contribution in [0.15, 0.2) is 0 Å². The second kappa shape index (κ2) is 9.79. The second-order valence-corrected chi connectivity index (χ2v) is 8.90. The van der Waals surface area contributed by atoms with Gasteiger partial charge in [-0.2, -0.15) is 0 Å². The molecule has 3 aliphatic rings. The summed E-state index contributed by atoms with van der Waals surface area (Å²) in [6.07, 6.45) is -3.80. The predicted octanol–water partition coefficient (Wildman–Crippen LogP) is -2.77. The Labute approximate surface area is 182 Å². The number of hydrogen-bond acceptors (Lipinski definition) is 12. The zero-order chi connectivity index (χ0) is 23.1. The van der Waals surface area contributed by atoms with Gasteiger partial charge in [0.25, 0.3) is 0 Å². The molecule has 0 aromatic rings. The quantitative estimate of drug-likeness (QED) is 0.236. The number of aliphatic hydroxyl groups is 1. The number of nitrogens with two attached hydrogens (primary N) is 5. The van der Waals surface area contributed by atoms with E-state index in [-0.39, 0.29) is 36.4 Å². The Bertz CT molecular complexity index is 602. The van der Waals surface area contributed by atoms with Gasteiger partial charge in [0, 0.05) is 33.0 Å². The van der Waals surface area contributed by atoms with Crippen molar-refractivity contribution in [2.45, 2.75) is 99.9 Å². The number of ether oxygens (including phenoxy) is 6. The third-order valence-corrected chi connectivity index (χ3v) is 6.87. The molecule has 31 heavy (non-hydrogen) atoms. The van der Waals surface area contributed by atoms with Crippen LogP contribution in [0.25, 0.3) is 0 Å². The molecule has 3 saturated heterocycles. The summed E-state index contributed by atoms with van der Waals surface area (Å²) < 4.78 is 35.1. The lowest BCUT2D eigenvalue weighted by Gasteiger charge is -2.50. The summed E-state index contributed by atoms with van der Waals surface area (Å²) in [5, 5.41) is 9.92. The van der Waals surface area contributed by atoms with E-state index in [9.17, 15) is 5.11 Å². The molecule has 3 fully saturated rings. The van der Waals surface area contributed by atoms with Crippen LogP contribution in [0.5, 0.6) is 0 Å². The lowest BCUT2D eigenvalue weighted by Crippen LogP contribution is -2.81. The first kappa shape index (κ1) is 25.1. The van der Waals surface area contributed by atoms with Crippen LogP contribution in [-0.4, -0.2) is 92.5 Å². The molecule has 0 aromatic heterocycles. The molecule has 3 heterocycles. The predicted molar refractivity (Wildman–Crippen MR) is 110 cm³/mol. The minimum atomic E-state index is -1.48. The summed E-state index contributed by atoms with van der Waals surface area (Å²) in [5.74, 6) is -0.0837. The molecule has 3 rings (SSSR count). The highest BCUT2D eigenvalue weighted by atomic mass is 16.7. The van der Waals surface area contributed by atoms with Crippen LogP contribution in [0, 0.1) is 5.92 Å². The Morgan fingerprint density at radius 3 is 2.16 bits per heavy atom. The highest BCUT2D eigenvalue weighted by Crippen LogP contribution is 2.38. The van der Waals surface area contributed by atoms with Crippen molar-refractivity contribution in [3.63, 3.8) is 0 Å². The van der Waals surface area contributed by atoms with Crippen LogP contribution in [0.2, 0.25) is 0 Å². The van der Waals surface area contributed by atoms with Gasteiger partial charge in [0.1, 0.15) is 18.0 Å². The van der Waals surface area contributed by atoms with Crippen molar-refractivity contribution in [3.8, 4) is 0 Å². The minimum absolute atomic E-state index is 0.0837. The zero-order valence-corrected chi connectivity index (χ0v) is 18.6. The van der Waals surface area contributed by atoms with Crippen LogP contribution in [0.1, 0.15) is 26.7 Å². The zero-order valence-electron chi connectivity index (χ0n) is 18.6. The maximum Gasteiger partial charge on any atom is 0.177 e. The topological polar surface area (TPSA) is 206 Å². The maximum absolute atomic E-state index is 9.92. The average Bonchev–Trinajstić information content (AvgIpc) is 2.71. The Morgan fingerprint density at radius 2 is 1.55 bits per heavy atom. The minimum Gasteiger partial charge on any atom is -0.381 e. The molecular formula is C19H39N5O7. The highest BCUT2D eigenvalue weighted by Gasteiger charge is 2.52. The van der Waals surface area contributed by atoms with Gasteiger partial charge in [-0.25, -0.2) is 0 Å². The molecule has 0 aliphatic carbocycles. The molecule has 0 spiro atoms.